The van der Waals surface area contributed by atoms with E-state index in [1.54, 1.807) is 6.92 Å². The van der Waals surface area contributed by atoms with Gasteiger partial charge in [0.05, 0.1) is 6.61 Å². The number of halogens is 1. The summed E-state index contributed by atoms with van der Waals surface area (Å²) >= 11 is 0. The lowest BCUT2D eigenvalue weighted by Gasteiger charge is -2.38. The number of ether oxygens (including phenoxy) is 1. The maximum atomic E-state index is 11.2. The second kappa shape index (κ2) is 6.90. The van der Waals surface area contributed by atoms with Crippen LogP contribution in [0.3, 0.4) is 0 Å². The highest BCUT2D eigenvalue weighted by atomic mass is 35.5. The summed E-state index contributed by atoms with van der Waals surface area (Å²) in [6, 6.07) is 0.0385. The molecule has 1 atom stereocenters. The lowest BCUT2D eigenvalue weighted by molar-refractivity contribution is 0.117. The van der Waals surface area contributed by atoms with Gasteiger partial charge in [-0.1, -0.05) is 0 Å². The summed E-state index contributed by atoms with van der Waals surface area (Å²) in [6.45, 7) is 8.31. The average Bonchev–Trinajstić information content (AvgIpc) is 2.03. The van der Waals surface area contributed by atoms with Crippen molar-refractivity contribution in [2.75, 3.05) is 20.7 Å². The standard InChI is InChI=1S/C10H22N2O2.ClH/c1-7-14-9(13)11-8(2)10(3,4)12(5)6;/h8H,7H2,1-6H3,(H,11,13);1H. The van der Waals surface area contributed by atoms with Crippen molar-refractivity contribution in [1.82, 2.24) is 10.2 Å². The molecule has 5 heteroatoms. The van der Waals surface area contributed by atoms with Crippen LogP contribution in [0.4, 0.5) is 4.79 Å². The van der Waals surface area contributed by atoms with Gasteiger partial charge in [0.25, 0.3) is 0 Å². The first-order chi connectivity index (χ1) is 6.32. The first kappa shape index (κ1) is 16.9. The number of nitrogens with zero attached hydrogens (tertiary/aromatic N) is 1. The van der Waals surface area contributed by atoms with Crippen molar-refractivity contribution in [3.05, 3.63) is 0 Å². The molecule has 0 spiro atoms. The summed E-state index contributed by atoms with van der Waals surface area (Å²) in [6.07, 6.45) is -0.352. The first-order valence-electron chi connectivity index (χ1n) is 4.93. The van der Waals surface area contributed by atoms with Gasteiger partial charge in [-0.25, -0.2) is 4.79 Å². The molecule has 0 aliphatic carbocycles. The fourth-order valence-electron chi connectivity index (χ4n) is 0.913. The summed E-state index contributed by atoms with van der Waals surface area (Å²) in [5.74, 6) is 0. The van der Waals surface area contributed by atoms with E-state index in [1.165, 1.54) is 0 Å². The third kappa shape index (κ3) is 5.23. The van der Waals surface area contributed by atoms with Gasteiger partial charge in [-0.2, -0.15) is 0 Å². The Morgan fingerprint density at radius 2 is 1.93 bits per heavy atom. The number of rotatable bonds is 4. The molecule has 4 nitrogen and oxygen atoms in total. The maximum Gasteiger partial charge on any atom is 0.407 e. The monoisotopic (exact) mass is 238 g/mol. The van der Waals surface area contributed by atoms with Crippen LogP contribution in [0.5, 0.6) is 0 Å². The zero-order chi connectivity index (χ0) is 11.4. The van der Waals surface area contributed by atoms with Crippen molar-refractivity contribution in [2.24, 2.45) is 0 Å². The van der Waals surface area contributed by atoms with Crippen LogP contribution < -0.4 is 5.32 Å². The molecule has 1 amide bonds. The molecule has 0 aromatic heterocycles. The number of alkyl carbamates (subject to hydrolysis) is 1. The van der Waals surface area contributed by atoms with Gasteiger partial charge in [0.2, 0.25) is 0 Å². The van der Waals surface area contributed by atoms with Crippen molar-refractivity contribution >= 4 is 18.5 Å². The Morgan fingerprint density at radius 3 is 2.27 bits per heavy atom. The molecule has 0 fully saturated rings. The zero-order valence-corrected chi connectivity index (χ0v) is 11.3. The predicted octanol–water partition coefficient (Wildman–Crippen LogP) is 1.88. The summed E-state index contributed by atoms with van der Waals surface area (Å²) < 4.78 is 4.82. The average molecular weight is 239 g/mol. The van der Waals surface area contributed by atoms with Crippen LogP contribution in [0.25, 0.3) is 0 Å². The highest BCUT2D eigenvalue weighted by molar-refractivity contribution is 5.85. The minimum atomic E-state index is -0.352. The molecule has 15 heavy (non-hydrogen) atoms. The van der Waals surface area contributed by atoms with Crippen LogP contribution in [0.1, 0.15) is 27.7 Å². The molecule has 92 valence electrons. The van der Waals surface area contributed by atoms with Gasteiger partial charge >= 0.3 is 6.09 Å². The number of carbonyl (C=O) groups excluding carboxylic acids is 1. The Kier molecular flexibility index (Phi) is 7.79. The summed E-state index contributed by atoms with van der Waals surface area (Å²) in [4.78, 5) is 13.2. The van der Waals surface area contributed by atoms with E-state index in [1.807, 2.05) is 21.0 Å². The van der Waals surface area contributed by atoms with Gasteiger partial charge in [0.15, 0.2) is 0 Å². The highest BCUT2D eigenvalue weighted by Gasteiger charge is 2.29. The fourth-order valence-corrected chi connectivity index (χ4v) is 0.913. The molecule has 0 saturated heterocycles. The normalized spacial score (nSPS) is 13.0. The molecule has 0 aliphatic heterocycles. The quantitative estimate of drug-likeness (QED) is 0.813. The third-order valence-electron chi connectivity index (χ3n) is 2.82. The smallest absolute Gasteiger partial charge is 0.407 e. The fraction of sp³-hybridized carbons (Fsp3) is 0.900. The van der Waals surface area contributed by atoms with E-state index in [4.69, 9.17) is 4.74 Å². The van der Waals surface area contributed by atoms with E-state index in [2.05, 4.69) is 24.1 Å². The number of hydrogen-bond acceptors (Lipinski definition) is 3. The van der Waals surface area contributed by atoms with E-state index in [0.717, 1.165) is 0 Å². The van der Waals surface area contributed by atoms with Crippen LogP contribution in [0.2, 0.25) is 0 Å². The molecule has 0 bridgehead atoms. The molecular formula is C10H23ClN2O2. The predicted molar refractivity (Wildman–Crippen MR) is 64.6 cm³/mol. The Hall–Kier alpha value is -0.480. The molecule has 0 aromatic carbocycles. The zero-order valence-electron chi connectivity index (χ0n) is 10.5. The van der Waals surface area contributed by atoms with Gasteiger partial charge in [-0.15, -0.1) is 12.4 Å². The first-order valence-corrected chi connectivity index (χ1v) is 4.93. The number of nitrogens with one attached hydrogen (secondary N) is 1. The molecule has 1 N–H and O–H groups in total. The SMILES string of the molecule is CCOC(=O)NC(C)C(C)(C)N(C)C.Cl. The Bertz CT molecular complexity index is 196. The van der Waals surface area contributed by atoms with Crippen LogP contribution in [0, 0.1) is 0 Å². The second-order valence-corrected chi connectivity index (χ2v) is 4.13. The van der Waals surface area contributed by atoms with E-state index in [9.17, 15) is 4.79 Å². The Balaban J connectivity index is 0. The minimum Gasteiger partial charge on any atom is -0.450 e. The van der Waals surface area contributed by atoms with Crippen molar-refractivity contribution in [3.63, 3.8) is 0 Å². The third-order valence-corrected chi connectivity index (χ3v) is 2.82. The number of likely N-dealkylation sites (N-methyl/N-ethyl adjacent to an activating group) is 1. The Labute approximate surface area is 98.8 Å². The van der Waals surface area contributed by atoms with E-state index in [0.29, 0.717) is 6.61 Å². The number of amides is 1. The lowest BCUT2D eigenvalue weighted by atomic mass is 9.95. The molecule has 0 saturated carbocycles. The van der Waals surface area contributed by atoms with Gasteiger partial charge in [0.1, 0.15) is 0 Å². The van der Waals surface area contributed by atoms with Gasteiger partial charge in [0, 0.05) is 11.6 Å². The molecular weight excluding hydrogens is 216 g/mol. The molecule has 0 rings (SSSR count). The lowest BCUT2D eigenvalue weighted by Crippen LogP contribution is -2.55. The van der Waals surface area contributed by atoms with Crippen molar-refractivity contribution < 1.29 is 9.53 Å². The molecule has 0 radical (unpaired) electrons. The molecule has 0 heterocycles. The van der Waals surface area contributed by atoms with Gasteiger partial charge < -0.3 is 15.0 Å². The second-order valence-electron chi connectivity index (χ2n) is 4.13. The number of hydrogen-bond donors (Lipinski definition) is 1. The summed E-state index contributed by atoms with van der Waals surface area (Å²) in [5, 5.41) is 2.80. The Morgan fingerprint density at radius 1 is 1.47 bits per heavy atom. The van der Waals surface area contributed by atoms with Crippen molar-refractivity contribution in [1.29, 1.82) is 0 Å². The summed E-state index contributed by atoms with van der Waals surface area (Å²) in [5.41, 5.74) is -0.0905. The molecule has 0 aliphatic rings. The summed E-state index contributed by atoms with van der Waals surface area (Å²) in [7, 11) is 3.98. The van der Waals surface area contributed by atoms with Crippen molar-refractivity contribution in [3.8, 4) is 0 Å². The highest BCUT2D eigenvalue weighted by Crippen LogP contribution is 2.15. The molecule has 0 aromatic rings. The number of carbonyl (C=O) groups is 1. The minimum absolute atomic E-state index is 0. The van der Waals surface area contributed by atoms with E-state index >= 15 is 0 Å². The maximum absolute atomic E-state index is 11.2. The van der Waals surface area contributed by atoms with Crippen LogP contribution >= 0.6 is 12.4 Å². The van der Waals surface area contributed by atoms with E-state index < -0.39 is 0 Å². The van der Waals surface area contributed by atoms with E-state index in [-0.39, 0.29) is 30.1 Å². The van der Waals surface area contributed by atoms with Crippen molar-refractivity contribution in [2.45, 2.75) is 39.3 Å². The van der Waals surface area contributed by atoms with Crippen LogP contribution in [0.15, 0.2) is 0 Å². The van der Waals surface area contributed by atoms with Gasteiger partial charge in [-0.05, 0) is 41.8 Å². The largest absolute Gasteiger partial charge is 0.450 e. The van der Waals surface area contributed by atoms with Gasteiger partial charge in [-0.3, -0.25) is 0 Å². The van der Waals surface area contributed by atoms with Crippen LogP contribution in [-0.2, 0) is 4.74 Å². The molecule has 1 unspecified atom stereocenters. The van der Waals surface area contributed by atoms with Crippen LogP contribution in [-0.4, -0.2) is 43.3 Å². The topological polar surface area (TPSA) is 41.6 Å².